The predicted molar refractivity (Wildman–Crippen MR) is 105 cm³/mol. The Hall–Kier alpha value is -2.73. The monoisotopic (exact) mass is 382 g/mol. The summed E-state index contributed by atoms with van der Waals surface area (Å²) in [5.74, 6) is -0.329. The third-order valence-corrected chi connectivity index (χ3v) is 5.80. The number of carbonyl (C=O) groups excluding carboxylic acids is 2. The minimum atomic E-state index is -0.265. The van der Waals surface area contributed by atoms with Crippen LogP contribution in [0.2, 0.25) is 0 Å². The van der Waals surface area contributed by atoms with E-state index in [1.807, 2.05) is 30.3 Å². The van der Waals surface area contributed by atoms with Gasteiger partial charge in [-0.1, -0.05) is 30.3 Å². The minimum Gasteiger partial charge on any atom is -0.360 e. The summed E-state index contributed by atoms with van der Waals surface area (Å²) in [4.78, 5) is 30.1. The number of imide groups is 1. The Morgan fingerprint density at radius 1 is 0.964 bits per heavy atom. The van der Waals surface area contributed by atoms with E-state index in [1.165, 1.54) is 21.9 Å². The van der Waals surface area contributed by atoms with E-state index < -0.39 is 0 Å². The topological polar surface area (TPSA) is 45.1 Å². The molecule has 2 saturated heterocycles. The van der Waals surface area contributed by atoms with Gasteiger partial charge in [-0.05, 0) is 36.2 Å². The highest BCUT2D eigenvalue weighted by atomic mass is 19.1. The predicted octanol–water partition coefficient (Wildman–Crippen LogP) is 0.901. The van der Waals surface area contributed by atoms with Crippen LogP contribution in [0.25, 0.3) is 0 Å². The van der Waals surface area contributed by atoms with E-state index in [-0.39, 0.29) is 23.7 Å². The molecule has 1 atom stereocenters. The average molecular weight is 382 g/mol. The summed E-state index contributed by atoms with van der Waals surface area (Å²) in [7, 11) is 0. The van der Waals surface area contributed by atoms with Crippen molar-refractivity contribution in [2.45, 2.75) is 18.9 Å². The van der Waals surface area contributed by atoms with Crippen LogP contribution in [0.4, 0.5) is 10.1 Å². The standard InChI is InChI=1S/C22H24FN3O2/c23-18-6-8-19(9-7-18)24-12-14-25(15-13-24)20-16-21(27)26(22(20)28)11-10-17-4-2-1-3-5-17/h1-9,20H,10-16H2/p+1/t20-/m1/s1. The maximum Gasteiger partial charge on any atom is 0.288 e. The highest BCUT2D eigenvalue weighted by molar-refractivity contribution is 6.04. The number of halogens is 1. The lowest BCUT2D eigenvalue weighted by molar-refractivity contribution is -0.915. The van der Waals surface area contributed by atoms with Crippen LogP contribution in [0.15, 0.2) is 54.6 Å². The Labute approximate surface area is 164 Å². The van der Waals surface area contributed by atoms with Crippen molar-refractivity contribution in [3.05, 3.63) is 66.0 Å². The molecule has 0 bridgehead atoms. The largest absolute Gasteiger partial charge is 0.360 e. The summed E-state index contributed by atoms with van der Waals surface area (Å²) in [6.07, 6.45) is 0.998. The van der Waals surface area contributed by atoms with Gasteiger partial charge in [0.25, 0.3) is 5.91 Å². The highest BCUT2D eigenvalue weighted by Gasteiger charge is 2.45. The van der Waals surface area contributed by atoms with Crippen LogP contribution in [-0.4, -0.2) is 55.5 Å². The maximum atomic E-state index is 13.1. The first kappa shape index (κ1) is 18.6. The number of rotatable bonds is 5. The fraction of sp³-hybridized carbons (Fsp3) is 0.364. The van der Waals surface area contributed by atoms with Gasteiger partial charge < -0.3 is 9.80 Å². The van der Waals surface area contributed by atoms with E-state index in [2.05, 4.69) is 4.90 Å². The molecular weight excluding hydrogens is 357 g/mol. The first-order valence-electron chi connectivity index (χ1n) is 9.85. The first-order chi connectivity index (χ1) is 13.6. The third kappa shape index (κ3) is 3.92. The number of carbonyl (C=O) groups is 2. The number of amides is 2. The van der Waals surface area contributed by atoms with Gasteiger partial charge in [0, 0.05) is 12.2 Å². The summed E-state index contributed by atoms with van der Waals surface area (Å²) in [5, 5.41) is 0. The summed E-state index contributed by atoms with van der Waals surface area (Å²) in [6.45, 7) is 3.64. The van der Waals surface area contributed by atoms with Crippen LogP contribution in [0.3, 0.4) is 0 Å². The molecule has 146 valence electrons. The van der Waals surface area contributed by atoms with E-state index in [1.54, 1.807) is 12.1 Å². The van der Waals surface area contributed by atoms with Crippen molar-refractivity contribution < 1.29 is 18.9 Å². The van der Waals surface area contributed by atoms with Gasteiger partial charge >= 0.3 is 0 Å². The van der Waals surface area contributed by atoms with Gasteiger partial charge in [0.2, 0.25) is 5.91 Å². The summed E-state index contributed by atoms with van der Waals surface area (Å²) < 4.78 is 13.1. The Bertz CT molecular complexity index is 833. The summed E-state index contributed by atoms with van der Waals surface area (Å²) >= 11 is 0. The number of hydrogen-bond donors (Lipinski definition) is 1. The fourth-order valence-electron chi connectivity index (χ4n) is 4.18. The normalized spacial score (nSPS) is 20.8. The second kappa shape index (κ2) is 8.10. The number of quaternary nitrogens is 1. The fourth-order valence-corrected chi connectivity index (χ4v) is 4.18. The highest BCUT2D eigenvalue weighted by Crippen LogP contribution is 2.16. The molecule has 0 radical (unpaired) electrons. The van der Waals surface area contributed by atoms with Crippen molar-refractivity contribution in [1.82, 2.24) is 4.90 Å². The van der Waals surface area contributed by atoms with Crippen molar-refractivity contribution in [3.63, 3.8) is 0 Å². The molecule has 2 aromatic carbocycles. The number of nitrogens with zero attached hydrogens (tertiary/aromatic N) is 2. The molecule has 5 nitrogen and oxygen atoms in total. The zero-order valence-corrected chi connectivity index (χ0v) is 15.8. The van der Waals surface area contributed by atoms with Crippen LogP contribution in [0, 0.1) is 5.82 Å². The quantitative estimate of drug-likeness (QED) is 0.782. The molecule has 4 rings (SSSR count). The molecule has 0 aliphatic carbocycles. The number of hydrogen-bond acceptors (Lipinski definition) is 3. The van der Waals surface area contributed by atoms with Gasteiger partial charge in [0.05, 0.1) is 32.6 Å². The van der Waals surface area contributed by atoms with E-state index in [4.69, 9.17) is 0 Å². The summed E-state index contributed by atoms with van der Waals surface area (Å²) in [5.41, 5.74) is 2.13. The number of likely N-dealkylation sites (tertiary alicyclic amines) is 1. The SMILES string of the molecule is O=C1C[C@@H]([NH+]2CCN(c3ccc(F)cc3)CC2)C(=O)N1CCc1ccccc1. The van der Waals surface area contributed by atoms with Crippen molar-refractivity contribution in [3.8, 4) is 0 Å². The molecule has 6 heteroatoms. The molecule has 0 aromatic heterocycles. The van der Waals surface area contributed by atoms with E-state index >= 15 is 0 Å². The van der Waals surface area contributed by atoms with E-state index in [9.17, 15) is 14.0 Å². The Morgan fingerprint density at radius 2 is 1.64 bits per heavy atom. The molecule has 2 heterocycles. The second-order valence-corrected chi connectivity index (χ2v) is 7.50. The van der Waals surface area contributed by atoms with Gasteiger partial charge in [-0.2, -0.15) is 0 Å². The Kier molecular flexibility index (Phi) is 5.39. The molecule has 0 unspecified atom stereocenters. The minimum absolute atomic E-state index is 0.0360. The molecule has 28 heavy (non-hydrogen) atoms. The molecule has 0 spiro atoms. The van der Waals surface area contributed by atoms with Crippen LogP contribution in [0.1, 0.15) is 12.0 Å². The number of benzene rings is 2. The van der Waals surface area contributed by atoms with Crippen LogP contribution >= 0.6 is 0 Å². The molecule has 2 fully saturated rings. The van der Waals surface area contributed by atoms with Gasteiger partial charge in [-0.25, -0.2) is 4.39 Å². The molecular formula is C22H25FN3O2+. The van der Waals surface area contributed by atoms with Gasteiger partial charge in [-0.3, -0.25) is 14.5 Å². The van der Waals surface area contributed by atoms with Gasteiger partial charge in [-0.15, -0.1) is 0 Å². The van der Waals surface area contributed by atoms with Crippen molar-refractivity contribution in [2.75, 3.05) is 37.6 Å². The second-order valence-electron chi connectivity index (χ2n) is 7.50. The number of anilines is 1. The Morgan fingerprint density at radius 3 is 2.32 bits per heavy atom. The molecule has 0 saturated carbocycles. The van der Waals surface area contributed by atoms with Crippen molar-refractivity contribution in [1.29, 1.82) is 0 Å². The number of piperazine rings is 1. The molecule has 1 N–H and O–H groups in total. The zero-order valence-electron chi connectivity index (χ0n) is 15.8. The van der Waals surface area contributed by atoms with Crippen molar-refractivity contribution >= 4 is 17.5 Å². The van der Waals surface area contributed by atoms with Crippen molar-refractivity contribution in [2.24, 2.45) is 0 Å². The lowest BCUT2D eigenvalue weighted by atomic mass is 10.1. The van der Waals surface area contributed by atoms with Gasteiger partial charge in [0.15, 0.2) is 6.04 Å². The lowest BCUT2D eigenvalue weighted by Crippen LogP contribution is -3.19. The first-order valence-corrected chi connectivity index (χ1v) is 9.85. The molecule has 2 aromatic rings. The van der Waals surface area contributed by atoms with Gasteiger partial charge in [0.1, 0.15) is 5.82 Å². The average Bonchev–Trinajstić information content (AvgIpc) is 3.01. The Balaban J connectivity index is 1.33. The summed E-state index contributed by atoms with van der Waals surface area (Å²) in [6, 6.07) is 16.2. The van der Waals surface area contributed by atoms with Crippen LogP contribution in [0.5, 0.6) is 0 Å². The zero-order chi connectivity index (χ0) is 19.5. The molecule has 2 aliphatic rings. The van der Waals surface area contributed by atoms with Crippen LogP contribution in [-0.2, 0) is 16.0 Å². The molecule has 2 aliphatic heterocycles. The third-order valence-electron chi connectivity index (χ3n) is 5.80. The maximum absolute atomic E-state index is 13.1. The van der Waals surface area contributed by atoms with Crippen LogP contribution < -0.4 is 9.80 Å². The smallest absolute Gasteiger partial charge is 0.288 e. The lowest BCUT2D eigenvalue weighted by Gasteiger charge is -2.35. The van der Waals surface area contributed by atoms with E-state index in [0.717, 1.165) is 37.4 Å². The molecule has 2 amide bonds. The number of nitrogens with one attached hydrogen (secondary N) is 1. The van der Waals surface area contributed by atoms with E-state index in [0.29, 0.717) is 19.4 Å².